The van der Waals surface area contributed by atoms with Gasteiger partial charge in [0.2, 0.25) is 5.91 Å². The standard InChI is InChI=1S/C23H23F2N5O3/c1-30-8-5-16-17(30)3-4-18(27-16)23(6-7-23)29-22(32)28-20-13(11-26-21(20)31)19-14(24)9-12(33-2)10-15(19)25/h3-5,8-10,13,20H,6-7,11H2,1-2H3,(H,26,31)(H2,28,29,32)/t13-,20-/m0/s1. The zero-order chi connectivity index (χ0) is 23.3. The van der Waals surface area contributed by atoms with Crippen molar-refractivity contribution in [2.45, 2.75) is 30.3 Å². The van der Waals surface area contributed by atoms with Gasteiger partial charge in [-0.2, -0.15) is 0 Å². The van der Waals surface area contributed by atoms with Crippen molar-refractivity contribution >= 4 is 23.0 Å². The van der Waals surface area contributed by atoms with Gasteiger partial charge in [0.15, 0.2) is 0 Å². The largest absolute Gasteiger partial charge is 0.497 e. The molecule has 8 nitrogen and oxygen atoms in total. The van der Waals surface area contributed by atoms with Crippen molar-refractivity contribution in [3.8, 4) is 5.75 Å². The molecule has 2 aromatic heterocycles. The minimum absolute atomic E-state index is 0.00131. The summed E-state index contributed by atoms with van der Waals surface area (Å²) in [6.45, 7) is 0.00131. The molecule has 5 rings (SSSR count). The number of carbonyl (C=O) groups is 2. The van der Waals surface area contributed by atoms with Crippen LogP contribution in [0.5, 0.6) is 5.75 Å². The maximum atomic E-state index is 14.6. The number of halogens is 2. The van der Waals surface area contributed by atoms with Gasteiger partial charge in [-0.15, -0.1) is 0 Å². The van der Waals surface area contributed by atoms with E-state index in [1.54, 1.807) is 0 Å². The lowest BCUT2D eigenvalue weighted by atomic mass is 9.93. The molecule has 1 aliphatic carbocycles. The first kappa shape index (κ1) is 21.2. The topological polar surface area (TPSA) is 97.3 Å². The SMILES string of the molecule is COc1cc(F)c([C@@H]2CNC(=O)[C@H]2NC(=O)NC2(c3ccc4c(ccn4C)n3)CC2)c(F)c1. The fourth-order valence-electron chi connectivity index (χ4n) is 4.47. The van der Waals surface area contributed by atoms with Crippen molar-refractivity contribution in [2.75, 3.05) is 13.7 Å². The fraction of sp³-hybridized carbons (Fsp3) is 0.348. The first-order chi connectivity index (χ1) is 15.8. The van der Waals surface area contributed by atoms with E-state index >= 15 is 0 Å². The number of fused-ring (bicyclic) bond motifs is 1. The Morgan fingerprint density at radius 1 is 1.24 bits per heavy atom. The van der Waals surface area contributed by atoms with Crippen LogP contribution in [-0.2, 0) is 17.4 Å². The number of ether oxygens (including phenoxy) is 1. The zero-order valence-corrected chi connectivity index (χ0v) is 18.1. The van der Waals surface area contributed by atoms with Crippen LogP contribution in [0.1, 0.15) is 30.0 Å². The van der Waals surface area contributed by atoms with Gasteiger partial charge in [-0.3, -0.25) is 4.79 Å². The molecule has 0 radical (unpaired) electrons. The molecule has 3 N–H and O–H groups in total. The van der Waals surface area contributed by atoms with E-state index in [0.717, 1.165) is 28.9 Å². The molecule has 10 heteroatoms. The van der Waals surface area contributed by atoms with E-state index in [0.29, 0.717) is 12.8 Å². The van der Waals surface area contributed by atoms with E-state index in [9.17, 15) is 18.4 Å². The van der Waals surface area contributed by atoms with Gasteiger partial charge in [0.05, 0.1) is 29.4 Å². The number of aryl methyl sites for hydroxylation is 1. The second-order valence-corrected chi connectivity index (χ2v) is 8.54. The van der Waals surface area contributed by atoms with Crippen LogP contribution >= 0.6 is 0 Å². The van der Waals surface area contributed by atoms with Gasteiger partial charge in [-0.1, -0.05) is 0 Å². The lowest BCUT2D eigenvalue weighted by Gasteiger charge is -2.23. The fourth-order valence-corrected chi connectivity index (χ4v) is 4.47. The summed E-state index contributed by atoms with van der Waals surface area (Å²) in [6, 6.07) is 6.13. The summed E-state index contributed by atoms with van der Waals surface area (Å²) in [6.07, 6.45) is 3.32. The maximum absolute atomic E-state index is 14.6. The normalized spacial score (nSPS) is 21.0. The molecule has 0 unspecified atom stereocenters. The second kappa shape index (κ2) is 7.72. The highest BCUT2D eigenvalue weighted by Crippen LogP contribution is 2.45. The van der Waals surface area contributed by atoms with E-state index < -0.39 is 41.1 Å². The number of rotatable bonds is 5. The minimum Gasteiger partial charge on any atom is -0.497 e. The van der Waals surface area contributed by atoms with Crippen molar-refractivity contribution in [1.29, 1.82) is 0 Å². The Balaban J connectivity index is 1.35. The summed E-state index contributed by atoms with van der Waals surface area (Å²) >= 11 is 0. The van der Waals surface area contributed by atoms with Crippen LogP contribution in [0.2, 0.25) is 0 Å². The van der Waals surface area contributed by atoms with Crippen LogP contribution in [0, 0.1) is 11.6 Å². The van der Waals surface area contributed by atoms with Crippen molar-refractivity contribution in [1.82, 2.24) is 25.5 Å². The number of aromatic nitrogens is 2. The third-order valence-corrected chi connectivity index (χ3v) is 6.46. The Kier molecular flexibility index (Phi) is 4.95. The number of pyridine rings is 1. The van der Waals surface area contributed by atoms with Gasteiger partial charge < -0.3 is 25.3 Å². The second-order valence-electron chi connectivity index (χ2n) is 8.54. The zero-order valence-electron chi connectivity index (χ0n) is 18.1. The number of hydrogen-bond donors (Lipinski definition) is 3. The molecule has 1 aliphatic heterocycles. The average Bonchev–Trinajstić information content (AvgIpc) is 3.36. The van der Waals surface area contributed by atoms with Crippen molar-refractivity contribution in [3.05, 3.63) is 59.4 Å². The Morgan fingerprint density at radius 2 is 1.97 bits per heavy atom. The molecule has 2 fully saturated rings. The number of carbonyl (C=O) groups excluding carboxylic acids is 2. The summed E-state index contributed by atoms with van der Waals surface area (Å²) in [4.78, 5) is 29.9. The molecule has 2 aliphatic rings. The van der Waals surface area contributed by atoms with Gasteiger partial charge in [0.25, 0.3) is 0 Å². The number of methoxy groups -OCH3 is 1. The maximum Gasteiger partial charge on any atom is 0.316 e. The van der Waals surface area contributed by atoms with Crippen LogP contribution < -0.4 is 20.7 Å². The van der Waals surface area contributed by atoms with E-state index in [4.69, 9.17) is 4.74 Å². The van der Waals surface area contributed by atoms with Crippen LogP contribution in [0.3, 0.4) is 0 Å². The summed E-state index contributed by atoms with van der Waals surface area (Å²) in [5.74, 6) is -3.03. The van der Waals surface area contributed by atoms with Crippen molar-refractivity contribution in [2.24, 2.45) is 7.05 Å². The highest BCUT2D eigenvalue weighted by atomic mass is 19.1. The Morgan fingerprint density at radius 3 is 2.64 bits per heavy atom. The molecular formula is C23H23F2N5O3. The molecule has 0 spiro atoms. The summed E-state index contributed by atoms with van der Waals surface area (Å²) in [7, 11) is 3.24. The molecule has 0 bridgehead atoms. The summed E-state index contributed by atoms with van der Waals surface area (Å²) < 4.78 is 36.1. The first-order valence-corrected chi connectivity index (χ1v) is 10.6. The smallest absolute Gasteiger partial charge is 0.316 e. The molecule has 1 saturated heterocycles. The highest BCUT2D eigenvalue weighted by molar-refractivity contribution is 5.90. The van der Waals surface area contributed by atoms with Gasteiger partial charge in [-0.25, -0.2) is 18.6 Å². The lowest BCUT2D eigenvalue weighted by Crippen LogP contribution is -2.50. The summed E-state index contributed by atoms with van der Waals surface area (Å²) in [5.41, 5.74) is 1.64. The van der Waals surface area contributed by atoms with Gasteiger partial charge in [0.1, 0.15) is 23.4 Å². The molecule has 1 saturated carbocycles. The van der Waals surface area contributed by atoms with Crippen LogP contribution in [0.4, 0.5) is 13.6 Å². The number of hydrogen-bond acceptors (Lipinski definition) is 4. The number of nitrogens with zero attached hydrogens (tertiary/aromatic N) is 2. The highest BCUT2D eigenvalue weighted by Gasteiger charge is 2.48. The molecule has 3 aromatic rings. The Bertz CT molecular complexity index is 1250. The van der Waals surface area contributed by atoms with E-state index in [1.807, 2.05) is 36.0 Å². The Hall–Kier alpha value is -3.69. The molecule has 3 amide bonds. The van der Waals surface area contributed by atoms with Crippen LogP contribution in [0.15, 0.2) is 36.5 Å². The summed E-state index contributed by atoms with van der Waals surface area (Å²) in [5, 5.41) is 8.10. The predicted octanol–water partition coefficient (Wildman–Crippen LogP) is 2.43. The molecular weight excluding hydrogens is 432 g/mol. The molecule has 1 aromatic carbocycles. The number of urea groups is 1. The number of nitrogens with one attached hydrogen (secondary N) is 3. The minimum atomic E-state index is -1.12. The van der Waals surface area contributed by atoms with Gasteiger partial charge in [-0.05, 0) is 31.0 Å². The van der Waals surface area contributed by atoms with E-state index in [1.165, 1.54) is 7.11 Å². The quantitative estimate of drug-likeness (QED) is 0.551. The van der Waals surface area contributed by atoms with Crippen molar-refractivity contribution in [3.63, 3.8) is 0 Å². The van der Waals surface area contributed by atoms with Gasteiger partial charge in [0, 0.05) is 43.4 Å². The van der Waals surface area contributed by atoms with E-state index in [-0.39, 0.29) is 17.9 Å². The molecule has 3 heterocycles. The molecule has 33 heavy (non-hydrogen) atoms. The number of amides is 3. The predicted molar refractivity (Wildman–Crippen MR) is 116 cm³/mol. The van der Waals surface area contributed by atoms with E-state index in [2.05, 4.69) is 20.9 Å². The third kappa shape index (κ3) is 3.65. The first-order valence-electron chi connectivity index (χ1n) is 10.6. The lowest BCUT2D eigenvalue weighted by molar-refractivity contribution is -0.120. The van der Waals surface area contributed by atoms with Crippen LogP contribution in [0.25, 0.3) is 11.0 Å². The number of benzene rings is 1. The van der Waals surface area contributed by atoms with Crippen LogP contribution in [-0.4, -0.2) is 41.2 Å². The molecule has 2 atom stereocenters. The molecule has 172 valence electrons. The van der Waals surface area contributed by atoms with Crippen molar-refractivity contribution < 1.29 is 23.1 Å². The average molecular weight is 455 g/mol. The third-order valence-electron chi connectivity index (χ3n) is 6.46. The monoisotopic (exact) mass is 455 g/mol. The van der Waals surface area contributed by atoms with Gasteiger partial charge >= 0.3 is 6.03 Å². The Labute approximate surface area is 188 Å².